The molecule has 0 fully saturated rings. The second-order valence-corrected chi connectivity index (χ2v) is 5.17. The molecule has 0 amide bonds. The molecule has 1 aromatic heterocycles. The molecular formula is C12H23N3O. The first-order valence-electron chi connectivity index (χ1n) is 5.75. The van der Waals surface area contributed by atoms with Crippen molar-refractivity contribution in [1.29, 1.82) is 0 Å². The van der Waals surface area contributed by atoms with E-state index in [1.165, 1.54) is 0 Å². The first-order chi connectivity index (χ1) is 7.33. The molecule has 1 heterocycles. The Kier molecular flexibility index (Phi) is 4.10. The second-order valence-electron chi connectivity index (χ2n) is 5.17. The Morgan fingerprint density at radius 3 is 2.50 bits per heavy atom. The number of nitrogens with two attached hydrogens (primary N) is 1. The lowest BCUT2D eigenvalue weighted by molar-refractivity contribution is -0.0728. The molecule has 92 valence electrons. The average molecular weight is 225 g/mol. The predicted octanol–water partition coefficient (Wildman–Crippen LogP) is 2.01. The summed E-state index contributed by atoms with van der Waals surface area (Å²) in [7, 11) is 1.90. The monoisotopic (exact) mass is 225 g/mol. The van der Waals surface area contributed by atoms with E-state index in [-0.39, 0.29) is 17.7 Å². The van der Waals surface area contributed by atoms with Gasteiger partial charge in [0.25, 0.3) is 0 Å². The molecular weight excluding hydrogens is 202 g/mol. The Hall–Kier alpha value is -0.870. The van der Waals surface area contributed by atoms with Crippen molar-refractivity contribution in [2.75, 3.05) is 0 Å². The van der Waals surface area contributed by atoms with Crippen molar-refractivity contribution in [2.24, 2.45) is 12.8 Å². The van der Waals surface area contributed by atoms with Crippen LogP contribution in [0.2, 0.25) is 0 Å². The number of nitrogens with zero attached hydrogens (tertiary/aromatic N) is 2. The van der Waals surface area contributed by atoms with Gasteiger partial charge in [0, 0.05) is 24.8 Å². The fourth-order valence-electron chi connectivity index (χ4n) is 1.58. The first kappa shape index (κ1) is 13.2. The molecule has 4 nitrogen and oxygen atoms in total. The molecule has 16 heavy (non-hydrogen) atoms. The molecule has 2 unspecified atom stereocenters. The van der Waals surface area contributed by atoms with Crippen molar-refractivity contribution < 1.29 is 4.74 Å². The second kappa shape index (κ2) is 4.97. The number of aromatic nitrogens is 2. The van der Waals surface area contributed by atoms with Crippen LogP contribution in [0.1, 0.15) is 45.8 Å². The largest absolute Gasteiger partial charge is 0.366 e. The van der Waals surface area contributed by atoms with Gasteiger partial charge < -0.3 is 10.5 Å². The molecule has 0 bridgehead atoms. The normalized spacial score (nSPS) is 16.1. The molecule has 0 spiro atoms. The van der Waals surface area contributed by atoms with Crippen LogP contribution in [-0.4, -0.2) is 21.4 Å². The van der Waals surface area contributed by atoms with E-state index in [0.717, 1.165) is 12.0 Å². The van der Waals surface area contributed by atoms with Crippen molar-refractivity contribution >= 4 is 0 Å². The molecule has 4 heteroatoms. The zero-order chi connectivity index (χ0) is 12.3. The van der Waals surface area contributed by atoms with Gasteiger partial charge in [0.2, 0.25) is 0 Å². The first-order valence-corrected chi connectivity index (χ1v) is 5.75. The molecule has 0 saturated carbocycles. The Morgan fingerprint density at radius 1 is 1.50 bits per heavy atom. The van der Waals surface area contributed by atoms with Crippen molar-refractivity contribution in [3.63, 3.8) is 0 Å². The van der Waals surface area contributed by atoms with Gasteiger partial charge in [0.15, 0.2) is 0 Å². The summed E-state index contributed by atoms with van der Waals surface area (Å²) in [4.78, 5) is 0. The van der Waals surface area contributed by atoms with Gasteiger partial charge in [-0.3, -0.25) is 4.68 Å². The van der Waals surface area contributed by atoms with Crippen molar-refractivity contribution in [3.8, 4) is 0 Å². The minimum Gasteiger partial charge on any atom is -0.366 e. The molecule has 1 rings (SSSR count). The fourth-order valence-corrected chi connectivity index (χ4v) is 1.58. The van der Waals surface area contributed by atoms with Gasteiger partial charge >= 0.3 is 0 Å². The summed E-state index contributed by atoms with van der Waals surface area (Å²) in [5, 5.41) is 4.17. The van der Waals surface area contributed by atoms with Gasteiger partial charge in [-0.1, -0.05) is 6.92 Å². The van der Waals surface area contributed by atoms with E-state index in [0.29, 0.717) is 0 Å². The molecule has 0 aliphatic carbocycles. The highest BCUT2D eigenvalue weighted by Gasteiger charge is 2.26. The fraction of sp³-hybridized carbons (Fsp3) is 0.750. The minimum atomic E-state index is -0.201. The highest BCUT2D eigenvalue weighted by atomic mass is 16.5. The van der Waals surface area contributed by atoms with Crippen LogP contribution in [0.3, 0.4) is 0 Å². The summed E-state index contributed by atoms with van der Waals surface area (Å²) < 4.78 is 7.79. The topological polar surface area (TPSA) is 53.1 Å². The van der Waals surface area contributed by atoms with Gasteiger partial charge in [-0.15, -0.1) is 0 Å². The lowest BCUT2D eigenvalue weighted by Crippen LogP contribution is -2.34. The third-order valence-electron chi connectivity index (χ3n) is 2.39. The highest BCUT2D eigenvalue weighted by molar-refractivity contribution is 5.11. The van der Waals surface area contributed by atoms with Gasteiger partial charge in [-0.05, 0) is 27.2 Å². The number of rotatable bonds is 4. The van der Waals surface area contributed by atoms with E-state index in [1.54, 1.807) is 4.68 Å². The Labute approximate surface area is 97.8 Å². The van der Waals surface area contributed by atoms with Gasteiger partial charge in [0.05, 0.1) is 11.8 Å². The number of hydrogen-bond donors (Lipinski definition) is 1. The lowest BCUT2D eigenvalue weighted by Gasteiger charge is -2.30. The third kappa shape index (κ3) is 3.61. The van der Waals surface area contributed by atoms with E-state index in [1.807, 2.05) is 40.2 Å². The Bertz CT molecular complexity index is 327. The standard InChI is InChI=1S/C12H23N3O/c1-6-10(13)11(16-12(2,3)4)9-7-14-15(5)8-9/h7-8,10-11H,6,13H2,1-5H3. The van der Waals surface area contributed by atoms with E-state index in [4.69, 9.17) is 10.5 Å². The van der Waals surface area contributed by atoms with Crippen LogP contribution in [0.25, 0.3) is 0 Å². The Balaban J connectivity index is 2.87. The SMILES string of the molecule is CCC(N)C(OC(C)(C)C)c1cnn(C)c1. The molecule has 0 aromatic carbocycles. The molecule has 1 aromatic rings. The summed E-state index contributed by atoms with van der Waals surface area (Å²) in [6, 6.07) is 0.00317. The summed E-state index contributed by atoms with van der Waals surface area (Å²) in [5.74, 6) is 0. The average Bonchev–Trinajstić information content (AvgIpc) is 2.58. The van der Waals surface area contributed by atoms with E-state index in [9.17, 15) is 0 Å². The van der Waals surface area contributed by atoms with Crippen molar-refractivity contribution in [2.45, 2.75) is 51.9 Å². The van der Waals surface area contributed by atoms with E-state index in [2.05, 4.69) is 12.0 Å². The van der Waals surface area contributed by atoms with Crippen LogP contribution in [0, 0.1) is 0 Å². The molecule has 0 saturated heterocycles. The van der Waals surface area contributed by atoms with Crippen LogP contribution in [0.5, 0.6) is 0 Å². The zero-order valence-corrected chi connectivity index (χ0v) is 10.9. The van der Waals surface area contributed by atoms with Crippen molar-refractivity contribution in [3.05, 3.63) is 18.0 Å². The quantitative estimate of drug-likeness (QED) is 0.853. The maximum Gasteiger partial charge on any atom is 0.101 e. The van der Waals surface area contributed by atoms with Gasteiger partial charge in [-0.25, -0.2) is 0 Å². The summed E-state index contributed by atoms with van der Waals surface area (Å²) in [6.45, 7) is 8.19. The van der Waals surface area contributed by atoms with E-state index < -0.39 is 0 Å². The highest BCUT2D eigenvalue weighted by Crippen LogP contribution is 2.27. The summed E-state index contributed by atoms with van der Waals surface area (Å²) in [5.41, 5.74) is 6.95. The molecule has 2 atom stereocenters. The molecule has 0 radical (unpaired) electrons. The third-order valence-corrected chi connectivity index (χ3v) is 2.39. The smallest absolute Gasteiger partial charge is 0.101 e. The maximum absolute atomic E-state index is 6.10. The number of aryl methyl sites for hydroxylation is 1. The predicted molar refractivity (Wildman–Crippen MR) is 65.1 cm³/mol. The van der Waals surface area contributed by atoms with Crippen LogP contribution in [-0.2, 0) is 11.8 Å². The minimum absolute atomic E-state index is 0.00317. The molecule has 2 N–H and O–H groups in total. The van der Waals surface area contributed by atoms with Crippen LogP contribution < -0.4 is 5.73 Å². The van der Waals surface area contributed by atoms with Crippen LogP contribution >= 0.6 is 0 Å². The van der Waals surface area contributed by atoms with Gasteiger partial charge in [0.1, 0.15) is 6.10 Å². The number of ether oxygens (including phenoxy) is 1. The molecule has 0 aliphatic heterocycles. The van der Waals surface area contributed by atoms with Gasteiger partial charge in [-0.2, -0.15) is 5.10 Å². The van der Waals surface area contributed by atoms with Crippen molar-refractivity contribution in [1.82, 2.24) is 9.78 Å². The van der Waals surface area contributed by atoms with E-state index >= 15 is 0 Å². The summed E-state index contributed by atoms with van der Waals surface area (Å²) >= 11 is 0. The Morgan fingerprint density at radius 2 is 2.12 bits per heavy atom. The van der Waals surface area contributed by atoms with Crippen LogP contribution in [0.15, 0.2) is 12.4 Å². The van der Waals surface area contributed by atoms with Crippen LogP contribution in [0.4, 0.5) is 0 Å². The zero-order valence-electron chi connectivity index (χ0n) is 10.9. The summed E-state index contributed by atoms with van der Waals surface area (Å²) in [6.07, 6.45) is 4.59. The lowest BCUT2D eigenvalue weighted by atomic mass is 10.0. The maximum atomic E-state index is 6.10. The number of hydrogen-bond acceptors (Lipinski definition) is 3. The molecule has 0 aliphatic rings.